The molecule has 106 valence electrons. The van der Waals surface area contributed by atoms with Crippen LogP contribution in [0.4, 0.5) is 5.95 Å². The van der Waals surface area contributed by atoms with Gasteiger partial charge in [-0.15, -0.1) is 0 Å². The van der Waals surface area contributed by atoms with E-state index in [2.05, 4.69) is 41.2 Å². The van der Waals surface area contributed by atoms with Crippen LogP contribution in [-0.2, 0) is 0 Å². The summed E-state index contributed by atoms with van der Waals surface area (Å²) in [5.74, 6) is 1.68. The number of hydrogen-bond acceptors (Lipinski definition) is 5. The van der Waals surface area contributed by atoms with Gasteiger partial charge in [-0.25, -0.2) is 4.98 Å². The van der Waals surface area contributed by atoms with E-state index in [1.807, 2.05) is 31.2 Å². The van der Waals surface area contributed by atoms with Crippen molar-refractivity contribution in [3.8, 4) is 17.3 Å². The van der Waals surface area contributed by atoms with E-state index in [1.54, 1.807) is 23.3 Å². The Balaban J connectivity index is 2.14. The average Bonchev–Trinajstić information content (AvgIpc) is 3.02. The number of nitrogens with zero attached hydrogens (tertiary/aromatic N) is 5. The van der Waals surface area contributed by atoms with Crippen LogP contribution in [0.1, 0.15) is 6.92 Å². The zero-order chi connectivity index (χ0) is 14.7. The van der Waals surface area contributed by atoms with Gasteiger partial charge in [0.05, 0.1) is 0 Å². The fraction of sp³-hybridized carbons (Fsp3) is 0.143. The van der Waals surface area contributed by atoms with Gasteiger partial charge < -0.3 is 5.32 Å². The molecule has 0 fully saturated rings. The topological polar surface area (TPSA) is 68.5 Å². The minimum atomic E-state index is 0.532. The molecular formula is C14H13BrN6. The molecular weight excluding hydrogens is 332 g/mol. The second-order valence-corrected chi connectivity index (χ2v) is 5.12. The van der Waals surface area contributed by atoms with E-state index in [-0.39, 0.29) is 0 Å². The number of halogens is 1. The molecule has 0 radical (unpaired) electrons. The van der Waals surface area contributed by atoms with Crippen LogP contribution < -0.4 is 5.32 Å². The highest BCUT2D eigenvalue weighted by molar-refractivity contribution is 9.10. The number of aromatic nitrogens is 5. The highest BCUT2D eigenvalue weighted by Crippen LogP contribution is 2.26. The lowest BCUT2D eigenvalue weighted by molar-refractivity contribution is 0.896. The molecule has 0 aliphatic rings. The van der Waals surface area contributed by atoms with Gasteiger partial charge in [0, 0.05) is 29.0 Å². The highest BCUT2D eigenvalue weighted by atomic mass is 79.9. The largest absolute Gasteiger partial charge is 0.354 e. The molecule has 0 aliphatic carbocycles. The fourth-order valence-electron chi connectivity index (χ4n) is 1.86. The number of imidazole rings is 1. The maximum Gasteiger partial charge on any atom is 0.240 e. The van der Waals surface area contributed by atoms with E-state index in [0.29, 0.717) is 17.7 Å². The fourth-order valence-corrected chi connectivity index (χ4v) is 2.32. The maximum atomic E-state index is 4.52. The summed E-state index contributed by atoms with van der Waals surface area (Å²) in [5, 5.41) is 3.13. The van der Waals surface area contributed by atoms with Crippen LogP contribution >= 0.6 is 15.9 Å². The molecule has 2 heterocycles. The van der Waals surface area contributed by atoms with Gasteiger partial charge in [0.15, 0.2) is 5.82 Å². The molecule has 0 saturated carbocycles. The highest BCUT2D eigenvalue weighted by Gasteiger charge is 2.11. The van der Waals surface area contributed by atoms with Gasteiger partial charge in [0.1, 0.15) is 6.33 Å². The minimum Gasteiger partial charge on any atom is -0.354 e. The minimum absolute atomic E-state index is 0.532. The van der Waals surface area contributed by atoms with E-state index in [9.17, 15) is 0 Å². The van der Waals surface area contributed by atoms with Crippen LogP contribution in [0, 0.1) is 0 Å². The Bertz CT molecular complexity index is 741. The van der Waals surface area contributed by atoms with E-state index in [4.69, 9.17) is 0 Å². The summed E-state index contributed by atoms with van der Waals surface area (Å²) < 4.78 is 2.69. The molecule has 1 N–H and O–H groups in total. The van der Waals surface area contributed by atoms with E-state index >= 15 is 0 Å². The molecule has 21 heavy (non-hydrogen) atoms. The lowest BCUT2D eigenvalue weighted by Gasteiger charge is -2.09. The number of rotatable bonds is 4. The lowest BCUT2D eigenvalue weighted by atomic mass is 10.2. The Labute approximate surface area is 130 Å². The van der Waals surface area contributed by atoms with E-state index in [0.717, 1.165) is 16.6 Å². The summed E-state index contributed by atoms with van der Waals surface area (Å²) in [7, 11) is 0. The molecule has 6 nitrogen and oxygen atoms in total. The molecule has 0 bridgehead atoms. The molecule has 0 atom stereocenters. The van der Waals surface area contributed by atoms with Crippen molar-refractivity contribution in [2.75, 3.05) is 11.9 Å². The van der Waals surface area contributed by atoms with Gasteiger partial charge in [-0.1, -0.05) is 34.1 Å². The number of anilines is 1. The molecule has 0 spiro atoms. The van der Waals surface area contributed by atoms with Gasteiger partial charge in [0.2, 0.25) is 11.9 Å². The first-order valence-corrected chi connectivity index (χ1v) is 7.30. The number of hydrogen-bond donors (Lipinski definition) is 1. The van der Waals surface area contributed by atoms with Crippen LogP contribution in [0.5, 0.6) is 0 Å². The third kappa shape index (κ3) is 2.92. The Hall–Kier alpha value is -2.28. The molecule has 3 aromatic rings. The van der Waals surface area contributed by atoms with Crippen molar-refractivity contribution in [2.24, 2.45) is 0 Å². The van der Waals surface area contributed by atoms with Crippen LogP contribution in [-0.4, -0.2) is 31.0 Å². The normalized spacial score (nSPS) is 10.6. The van der Waals surface area contributed by atoms with Crippen LogP contribution in [0.2, 0.25) is 0 Å². The molecule has 0 unspecified atom stereocenters. The van der Waals surface area contributed by atoms with Gasteiger partial charge in [-0.05, 0) is 13.0 Å². The SMILES string of the molecule is CCNc1nc(-c2ccccc2Br)nc(-n2ccnc2)n1. The van der Waals surface area contributed by atoms with Gasteiger partial charge in [0.25, 0.3) is 0 Å². The predicted octanol–water partition coefficient (Wildman–Crippen LogP) is 2.92. The Morgan fingerprint density at radius 3 is 2.76 bits per heavy atom. The average molecular weight is 345 g/mol. The summed E-state index contributed by atoms with van der Waals surface area (Å²) in [5.41, 5.74) is 0.917. The first-order chi connectivity index (χ1) is 10.3. The third-order valence-electron chi connectivity index (χ3n) is 2.81. The molecule has 0 saturated heterocycles. The van der Waals surface area contributed by atoms with Gasteiger partial charge in [-0.3, -0.25) is 4.57 Å². The zero-order valence-electron chi connectivity index (χ0n) is 11.4. The van der Waals surface area contributed by atoms with Crippen molar-refractivity contribution >= 4 is 21.9 Å². The molecule has 7 heteroatoms. The smallest absolute Gasteiger partial charge is 0.240 e. The predicted molar refractivity (Wildman–Crippen MR) is 84.2 cm³/mol. The molecule has 1 aromatic carbocycles. The summed E-state index contributed by atoms with van der Waals surface area (Å²) >= 11 is 3.53. The van der Waals surface area contributed by atoms with Crippen molar-refractivity contribution in [3.05, 3.63) is 47.5 Å². The first-order valence-electron chi connectivity index (χ1n) is 6.51. The van der Waals surface area contributed by atoms with E-state index < -0.39 is 0 Å². The monoisotopic (exact) mass is 344 g/mol. The van der Waals surface area contributed by atoms with Crippen molar-refractivity contribution in [1.82, 2.24) is 24.5 Å². The maximum absolute atomic E-state index is 4.52. The molecule has 0 aliphatic heterocycles. The van der Waals surface area contributed by atoms with Crippen LogP contribution in [0.15, 0.2) is 47.5 Å². The van der Waals surface area contributed by atoms with Crippen molar-refractivity contribution in [2.45, 2.75) is 6.92 Å². The molecule has 3 rings (SSSR count). The second-order valence-electron chi connectivity index (χ2n) is 4.26. The lowest BCUT2D eigenvalue weighted by Crippen LogP contribution is -2.09. The summed E-state index contributed by atoms with van der Waals surface area (Å²) in [6.07, 6.45) is 5.15. The number of benzene rings is 1. The summed E-state index contributed by atoms with van der Waals surface area (Å²) in [6, 6.07) is 7.83. The summed E-state index contributed by atoms with van der Waals surface area (Å²) in [4.78, 5) is 17.4. The summed E-state index contributed by atoms with van der Waals surface area (Å²) in [6.45, 7) is 2.74. The van der Waals surface area contributed by atoms with Crippen molar-refractivity contribution in [3.63, 3.8) is 0 Å². The standard InChI is InChI=1S/C14H13BrN6/c1-2-17-13-18-12(10-5-3-4-6-11(10)15)19-14(20-13)21-8-7-16-9-21/h3-9H,2H2,1H3,(H,17,18,19,20). The zero-order valence-corrected chi connectivity index (χ0v) is 12.9. The Kier molecular flexibility index (Phi) is 3.92. The van der Waals surface area contributed by atoms with Crippen molar-refractivity contribution < 1.29 is 0 Å². The van der Waals surface area contributed by atoms with Crippen molar-refractivity contribution in [1.29, 1.82) is 0 Å². The Morgan fingerprint density at radius 2 is 2.05 bits per heavy atom. The third-order valence-corrected chi connectivity index (χ3v) is 3.50. The van der Waals surface area contributed by atoms with Gasteiger partial charge >= 0.3 is 0 Å². The number of nitrogens with one attached hydrogen (secondary N) is 1. The first kappa shape index (κ1) is 13.7. The Morgan fingerprint density at radius 1 is 1.19 bits per heavy atom. The quantitative estimate of drug-likeness (QED) is 0.787. The molecule has 0 amide bonds. The molecule has 2 aromatic heterocycles. The second kappa shape index (κ2) is 6.01. The van der Waals surface area contributed by atoms with Crippen LogP contribution in [0.3, 0.4) is 0 Å². The van der Waals surface area contributed by atoms with E-state index in [1.165, 1.54) is 0 Å². The van der Waals surface area contributed by atoms with Crippen LogP contribution in [0.25, 0.3) is 17.3 Å². The van der Waals surface area contributed by atoms with Gasteiger partial charge in [-0.2, -0.15) is 15.0 Å².